The monoisotopic (exact) mass is 272 g/mol. The van der Waals surface area contributed by atoms with Gasteiger partial charge < -0.3 is 10.8 Å². The molecule has 5 nitrogen and oxygen atoms in total. The summed E-state index contributed by atoms with van der Waals surface area (Å²) in [4.78, 5) is 11.2. The van der Waals surface area contributed by atoms with E-state index < -0.39 is 0 Å². The van der Waals surface area contributed by atoms with E-state index in [1.54, 1.807) is 0 Å². The van der Waals surface area contributed by atoms with Crippen LogP contribution in [0.25, 0.3) is 10.9 Å². The average molecular weight is 272 g/mol. The number of nitrogens with two attached hydrogens (primary N) is 1. The summed E-state index contributed by atoms with van der Waals surface area (Å²) in [5.41, 5.74) is 6.88. The van der Waals surface area contributed by atoms with Crippen LogP contribution in [-0.4, -0.2) is 39.2 Å². The van der Waals surface area contributed by atoms with Gasteiger partial charge in [-0.1, -0.05) is 19.1 Å². The van der Waals surface area contributed by atoms with E-state index in [4.69, 9.17) is 5.73 Å². The topological polar surface area (TPSA) is 75.3 Å². The molecule has 1 aliphatic heterocycles. The second-order valence-corrected chi connectivity index (χ2v) is 5.53. The van der Waals surface area contributed by atoms with Crippen molar-refractivity contribution in [1.29, 1.82) is 0 Å². The van der Waals surface area contributed by atoms with E-state index in [-0.39, 0.29) is 12.6 Å². The summed E-state index contributed by atoms with van der Waals surface area (Å²) in [5.74, 6) is 1.77. The predicted octanol–water partition coefficient (Wildman–Crippen LogP) is 1.41. The van der Waals surface area contributed by atoms with Crippen molar-refractivity contribution in [2.45, 2.75) is 25.9 Å². The quantitative estimate of drug-likeness (QED) is 0.883. The molecule has 2 unspecified atom stereocenters. The molecule has 0 radical (unpaired) electrons. The van der Waals surface area contributed by atoms with Gasteiger partial charge in [0.2, 0.25) is 0 Å². The van der Waals surface area contributed by atoms with Crippen LogP contribution in [0.15, 0.2) is 24.3 Å². The zero-order chi connectivity index (χ0) is 14.1. The number of nitrogens with zero attached hydrogens (tertiary/aromatic N) is 3. The predicted molar refractivity (Wildman–Crippen MR) is 79.0 cm³/mol. The van der Waals surface area contributed by atoms with Gasteiger partial charge in [-0.05, 0) is 31.0 Å². The third kappa shape index (κ3) is 2.34. The summed E-state index contributed by atoms with van der Waals surface area (Å²) in [7, 11) is 0. The zero-order valence-electron chi connectivity index (χ0n) is 11.7. The van der Waals surface area contributed by atoms with Gasteiger partial charge in [-0.25, -0.2) is 9.97 Å². The lowest BCUT2D eigenvalue weighted by molar-refractivity contribution is 0.132. The Morgan fingerprint density at radius 1 is 1.35 bits per heavy atom. The number of rotatable bonds is 3. The summed E-state index contributed by atoms with van der Waals surface area (Å²) < 4.78 is 0. The van der Waals surface area contributed by atoms with Crippen molar-refractivity contribution >= 4 is 16.7 Å². The number of fused-ring (bicyclic) bond motifs is 1. The highest BCUT2D eigenvalue weighted by Gasteiger charge is 2.30. The number of aliphatic hydroxyl groups is 1. The minimum absolute atomic E-state index is 0.185. The Balaban J connectivity index is 1.88. The number of aromatic nitrogens is 2. The summed E-state index contributed by atoms with van der Waals surface area (Å²) in [5, 5.41) is 10.4. The molecule has 0 bridgehead atoms. The van der Waals surface area contributed by atoms with Crippen LogP contribution in [0.2, 0.25) is 0 Å². The molecule has 2 heterocycles. The number of likely N-dealkylation sites (tertiary alicyclic amines) is 1. The van der Waals surface area contributed by atoms with Crippen molar-refractivity contribution in [2.75, 3.05) is 18.9 Å². The fraction of sp³-hybridized carbons (Fsp3) is 0.467. The van der Waals surface area contributed by atoms with Crippen molar-refractivity contribution in [1.82, 2.24) is 14.9 Å². The first-order valence-electron chi connectivity index (χ1n) is 7.05. The number of hydrogen-bond acceptors (Lipinski definition) is 5. The number of nitrogen functional groups attached to an aromatic ring is 1. The van der Waals surface area contributed by atoms with E-state index in [9.17, 15) is 5.11 Å². The number of benzene rings is 1. The Hall–Kier alpha value is -1.72. The van der Waals surface area contributed by atoms with E-state index >= 15 is 0 Å². The number of para-hydroxylation sites is 1. The maximum absolute atomic E-state index is 9.50. The number of anilines is 1. The van der Waals surface area contributed by atoms with Crippen molar-refractivity contribution in [3.8, 4) is 0 Å². The van der Waals surface area contributed by atoms with Gasteiger partial charge in [0.05, 0.1) is 18.7 Å². The summed E-state index contributed by atoms with van der Waals surface area (Å²) >= 11 is 0. The lowest BCUT2D eigenvalue weighted by Gasteiger charge is -2.24. The molecule has 0 saturated carbocycles. The average Bonchev–Trinajstić information content (AvgIpc) is 2.79. The highest BCUT2D eigenvalue weighted by molar-refractivity contribution is 5.87. The van der Waals surface area contributed by atoms with Crippen LogP contribution in [0.1, 0.15) is 19.2 Å². The lowest BCUT2D eigenvalue weighted by atomic mass is 10.0. The van der Waals surface area contributed by atoms with Gasteiger partial charge in [0.15, 0.2) is 0 Å². The molecule has 0 amide bonds. The molecular formula is C15H20N4O. The second-order valence-electron chi connectivity index (χ2n) is 5.53. The molecule has 5 heteroatoms. The molecule has 0 aliphatic carbocycles. The molecule has 3 N–H and O–H groups in total. The molecule has 0 spiro atoms. The summed E-state index contributed by atoms with van der Waals surface area (Å²) in [6.07, 6.45) is 1.11. The molecule has 1 aromatic heterocycles. The SMILES string of the molecule is CC1CCN(Cc2nc(N)c3ccccc3n2)C1CO. The standard InChI is InChI=1S/C15H20N4O/c1-10-6-7-19(13(10)9-20)8-14-17-12-5-3-2-4-11(12)15(16)18-14/h2-5,10,13,20H,6-9H2,1H3,(H2,16,17,18). The number of aliphatic hydroxyl groups excluding tert-OH is 1. The fourth-order valence-electron chi connectivity index (χ4n) is 2.98. The van der Waals surface area contributed by atoms with Crippen LogP contribution in [-0.2, 0) is 6.54 Å². The van der Waals surface area contributed by atoms with Crippen molar-refractivity contribution in [3.05, 3.63) is 30.1 Å². The van der Waals surface area contributed by atoms with E-state index in [2.05, 4.69) is 21.8 Å². The first-order valence-corrected chi connectivity index (χ1v) is 7.05. The van der Waals surface area contributed by atoms with Crippen molar-refractivity contribution < 1.29 is 5.11 Å². The zero-order valence-corrected chi connectivity index (χ0v) is 11.7. The highest BCUT2D eigenvalue weighted by atomic mass is 16.3. The van der Waals surface area contributed by atoms with Gasteiger partial charge in [-0.15, -0.1) is 0 Å². The Bertz CT molecular complexity index is 616. The Morgan fingerprint density at radius 2 is 2.15 bits per heavy atom. The van der Waals surface area contributed by atoms with Crippen LogP contribution in [0.5, 0.6) is 0 Å². The first kappa shape index (κ1) is 13.3. The third-order valence-electron chi connectivity index (χ3n) is 4.21. The maximum Gasteiger partial charge on any atom is 0.145 e. The third-order valence-corrected chi connectivity index (χ3v) is 4.21. The van der Waals surface area contributed by atoms with Crippen LogP contribution in [0.4, 0.5) is 5.82 Å². The fourth-order valence-corrected chi connectivity index (χ4v) is 2.98. The number of hydrogen-bond donors (Lipinski definition) is 2. The molecule has 1 aliphatic rings. The van der Waals surface area contributed by atoms with Crippen LogP contribution < -0.4 is 5.73 Å². The molecule has 1 fully saturated rings. The molecule has 3 rings (SSSR count). The van der Waals surface area contributed by atoms with Crippen LogP contribution in [0.3, 0.4) is 0 Å². The van der Waals surface area contributed by atoms with E-state index in [1.807, 2.05) is 24.3 Å². The molecule has 2 atom stereocenters. The molecule has 106 valence electrons. The van der Waals surface area contributed by atoms with Gasteiger partial charge in [0.1, 0.15) is 11.6 Å². The van der Waals surface area contributed by atoms with E-state index in [0.717, 1.165) is 29.7 Å². The summed E-state index contributed by atoms with van der Waals surface area (Å²) in [6.45, 7) is 3.98. The maximum atomic E-state index is 9.50. The second kappa shape index (κ2) is 5.34. The molecule has 1 aromatic carbocycles. The van der Waals surface area contributed by atoms with Crippen LogP contribution >= 0.6 is 0 Å². The smallest absolute Gasteiger partial charge is 0.145 e. The van der Waals surface area contributed by atoms with Gasteiger partial charge in [0, 0.05) is 11.4 Å². The molecular weight excluding hydrogens is 252 g/mol. The van der Waals surface area contributed by atoms with Gasteiger partial charge in [0.25, 0.3) is 0 Å². The minimum atomic E-state index is 0.185. The normalized spacial score (nSPS) is 23.5. The van der Waals surface area contributed by atoms with Crippen molar-refractivity contribution in [3.63, 3.8) is 0 Å². The Morgan fingerprint density at radius 3 is 2.95 bits per heavy atom. The van der Waals surface area contributed by atoms with Gasteiger partial charge >= 0.3 is 0 Å². The Labute approximate surface area is 118 Å². The van der Waals surface area contributed by atoms with E-state index in [1.165, 1.54) is 0 Å². The first-order chi connectivity index (χ1) is 9.69. The van der Waals surface area contributed by atoms with Crippen molar-refractivity contribution in [2.24, 2.45) is 5.92 Å². The molecule has 2 aromatic rings. The largest absolute Gasteiger partial charge is 0.395 e. The lowest BCUT2D eigenvalue weighted by Crippen LogP contribution is -2.35. The van der Waals surface area contributed by atoms with Gasteiger partial charge in [-0.3, -0.25) is 4.90 Å². The molecule has 1 saturated heterocycles. The summed E-state index contributed by atoms with van der Waals surface area (Å²) in [6, 6.07) is 7.97. The van der Waals surface area contributed by atoms with Gasteiger partial charge in [-0.2, -0.15) is 0 Å². The highest BCUT2D eigenvalue weighted by Crippen LogP contribution is 2.25. The minimum Gasteiger partial charge on any atom is -0.395 e. The molecule has 20 heavy (non-hydrogen) atoms. The Kier molecular flexibility index (Phi) is 3.54. The van der Waals surface area contributed by atoms with Crippen LogP contribution in [0, 0.1) is 5.92 Å². The van der Waals surface area contributed by atoms with E-state index in [0.29, 0.717) is 18.3 Å².